The minimum absolute atomic E-state index is 0.0445. The quantitative estimate of drug-likeness (QED) is 0.854. The van der Waals surface area contributed by atoms with Crippen LogP contribution in [0.25, 0.3) is 0 Å². The zero-order valence-electron chi connectivity index (χ0n) is 12.3. The van der Waals surface area contributed by atoms with E-state index >= 15 is 0 Å². The number of carbonyl (C=O) groups is 1. The second-order valence-electron chi connectivity index (χ2n) is 5.38. The van der Waals surface area contributed by atoms with E-state index in [1.165, 1.54) is 0 Å². The summed E-state index contributed by atoms with van der Waals surface area (Å²) in [5.41, 5.74) is 6.48. The van der Waals surface area contributed by atoms with Crippen LogP contribution in [0.2, 0.25) is 0 Å². The van der Waals surface area contributed by atoms with Gasteiger partial charge in [0.1, 0.15) is 5.75 Å². The van der Waals surface area contributed by atoms with E-state index in [2.05, 4.69) is 0 Å². The highest BCUT2D eigenvalue weighted by atomic mass is 16.5. The Morgan fingerprint density at radius 3 is 2.68 bits per heavy atom. The van der Waals surface area contributed by atoms with E-state index in [-0.39, 0.29) is 11.4 Å². The van der Waals surface area contributed by atoms with Crippen molar-refractivity contribution in [2.75, 3.05) is 20.2 Å². The Balaban J connectivity index is 2.43. The number of amides is 1. The van der Waals surface area contributed by atoms with Gasteiger partial charge in [0.15, 0.2) is 0 Å². The smallest absolute Gasteiger partial charge is 0.226 e. The Bertz CT molecular complexity index is 430. The second kappa shape index (κ2) is 6.57. The number of hydrogen-bond acceptors (Lipinski definition) is 3. The summed E-state index contributed by atoms with van der Waals surface area (Å²) >= 11 is 0. The highest BCUT2D eigenvalue weighted by Gasteiger charge is 2.25. The molecule has 4 heteroatoms. The Kier molecular flexibility index (Phi) is 5.36. The molecule has 0 bridgehead atoms. The summed E-state index contributed by atoms with van der Waals surface area (Å²) in [6, 6.07) is 7.80. The molecule has 0 radical (unpaired) electrons. The summed E-state index contributed by atoms with van der Waals surface area (Å²) in [4.78, 5) is 13.7. The monoisotopic (exact) mass is 264 g/mol. The molecule has 2 N–H and O–H groups in total. The van der Waals surface area contributed by atoms with Crippen LogP contribution in [0.4, 0.5) is 0 Å². The maximum absolute atomic E-state index is 12.0. The number of nitrogens with two attached hydrogens (primary N) is 1. The lowest BCUT2D eigenvalue weighted by atomic mass is 10.0. The molecule has 0 unspecified atom stereocenters. The van der Waals surface area contributed by atoms with Crippen molar-refractivity contribution in [1.29, 1.82) is 0 Å². The van der Waals surface area contributed by atoms with Gasteiger partial charge in [0.2, 0.25) is 5.91 Å². The highest BCUT2D eigenvalue weighted by Crippen LogP contribution is 2.14. The summed E-state index contributed by atoms with van der Waals surface area (Å²) in [5.74, 6) is 0.844. The van der Waals surface area contributed by atoms with E-state index in [0.29, 0.717) is 19.6 Å². The Labute approximate surface area is 115 Å². The maximum atomic E-state index is 12.0. The van der Waals surface area contributed by atoms with Gasteiger partial charge >= 0.3 is 0 Å². The number of aryl methyl sites for hydroxylation is 1. The first kappa shape index (κ1) is 15.5. The topological polar surface area (TPSA) is 55.6 Å². The molecule has 0 aliphatic carbocycles. The van der Waals surface area contributed by atoms with Crippen molar-refractivity contribution >= 4 is 5.91 Å². The van der Waals surface area contributed by atoms with Gasteiger partial charge in [-0.05, 0) is 38.5 Å². The zero-order valence-corrected chi connectivity index (χ0v) is 12.3. The fourth-order valence-corrected chi connectivity index (χ4v) is 1.60. The van der Waals surface area contributed by atoms with Crippen molar-refractivity contribution in [2.24, 2.45) is 5.73 Å². The van der Waals surface area contributed by atoms with Crippen LogP contribution in [0.3, 0.4) is 0 Å². The Hall–Kier alpha value is -1.55. The summed E-state index contributed by atoms with van der Waals surface area (Å²) in [6.07, 6.45) is 0.355. The molecule has 1 aromatic carbocycles. The lowest BCUT2D eigenvalue weighted by molar-refractivity contribution is -0.134. The van der Waals surface area contributed by atoms with Crippen LogP contribution in [-0.2, 0) is 4.79 Å². The molecule has 0 saturated carbocycles. The average molecular weight is 264 g/mol. The molecule has 1 aromatic rings. The lowest BCUT2D eigenvalue weighted by Crippen LogP contribution is -2.50. The molecule has 0 atom stereocenters. The van der Waals surface area contributed by atoms with Crippen molar-refractivity contribution in [3.8, 4) is 5.75 Å². The predicted molar refractivity (Wildman–Crippen MR) is 77.2 cm³/mol. The second-order valence-corrected chi connectivity index (χ2v) is 5.38. The molecule has 0 aromatic heterocycles. The third kappa shape index (κ3) is 4.56. The number of carbonyl (C=O) groups excluding carboxylic acids is 1. The molecular weight excluding hydrogens is 240 g/mol. The van der Waals surface area contributed by atoms with Crippen molar-refractivity contribution in [3.05, 3.63) is 29.8 Å². The first-order valence-corrected chi connectivity index (χ1v) is 6.53. The summed E-state index contributed by atoms with van der Waals surface area (Å²) < 4.78 is 5.58. The Morgan fingerprint density at radius 2 is 2.11 bits per heavy atom. The van der Waals surface area contributed by atoms with Crippen LogP contribution < -0.4 is 10.5 Å². The van der Waals surface area contributed by atoms with Gasteiger partial charge in [0.25, 0.3) is 0 Å². The van der Waals surface area contributed by atoms with E-state index in [9.17, 15) is 4.79 Å². The standard InChI is InChI=1S/C15H24N2O2/c1-12-6-5-7-13(10-12)19-9-8-14(18)17(4)15(2,3)11-16/h5-7,10H,8-9,11,16H2,1-4H3. The number of hydrogen-bond donors (Lipinski definition) is 1. The van der Waals surface area contributed by atoms with Crippen LogP contribution >= 0.6 is 0 Å². The van der Waals surface area contributed by atoms with Crippen molar-refractivity contribution in [2.45, 2.75) is 32.7 Å². The minimum Gasteiger partial charge on any atom is -0.493 e. The third-order valence-corrected chi connectivity index (χ3v) is 3.36. The Morgan fingerprint density at radius 1 is 1.42 bits per heavy atom. The molecular formula is C15H24N2O2. The zero-order chi connectivity index (χ0) is 14.5. The van der Waals surface area contributed by atoms with Crippen molar-refractivity contribution in [1.82, 2.24) is 4.90 Å². The molecule has 1 amide bonds. The number of benzene rings is 1. The van der Waals surface area contributed by atoms with E-state index in [4.69, 9.17) is 10.5 Å². The van der Waals surface area contributed by atoms with E-state index in [0.717, 1.165) is 11.3 Å². The average Bonchev–Trinajstić information content (AvgIpc) is 2.37. The van der Waals surface area contributed by atoms with Crippen LogP contribution in [0.1, 0.15) is 25.8 Å². The molecule has 0 fully saturated rings. The molecule has 19 heavy (non-hydrogen) atoms. The molecule has 0 spiro atoms. The summed E-state index contributed by atoms with van der Waals surface area (Å²) in [7, 11) is 1.78. The fourth-order valence-electron chi connectivity index (χ4n) is 1.60. The molecule has 106 valence electrons. The van der Waals surface area contributed by atoms with Gasteiger partial charge in [0.05, 0.1) is 13.0 Å². The largest absolute Gasteiger partial charge is 0.493 e. The molecule has 0 saturated heterocycles. The normalized spacial score (nSPS) is 11.2. The van der Waals surface area contributed by atoms with Gasteiger partial charge in [-0.1, -0.05) is 12.1 Å². The molecule has 0 aliphatic rings. The first-order valence-electron chi connectivity index (χ1n) is 6.53. The summed E-state index contributed by atoms with van der Waals surface area (Å²) in [5, 5.41) is 0. The minimum atomic E-state index is -0.319. The van der Waals surface area contributed by atoms with Crippen molar-refractivity contribution < 1.29 is 9.53 Å². The number of nitrogens with zero attached hydrogens (tertiary/aromatic N) is 1. The lowest BCUT2D eigenvalue weighted by Gasteiger charge is -2.34. The number of likely N-dealkylation sites (N-methyl/N-ethyl adjacent to an activating group) is 1. The molecule has 0 heterocycles. The maximum Gasteiger partial charge on any atom is 0.226 e. The van der Waals surface area contributed by atoms with Gasteiger partial charge in [-0.3, -0.25) is 4.79 Å². The summed E-state index contributed by atoms with van der Waals surface area (Å²) in [6.45, 7) is 6.73. The van der Waals surface area contributed by atoms with Gasteiger partial charge in [-0.15, -0.1) is 0 Å². The van der Waals surface area contributed by atoms with E-state index in [1.54, 1.807) is 11.9 Å². The first-order chi connectivity index (χ1) is 8.86. The van der Waals surface area contributed by atoms with Crippen LogP contribution in [-0.4, -0.2) is 36.5 Å². The van der Waals surface area contributed by atoms with Gasteiger partial charge in [-0.2, -0.15) is 0 Å². The number of ether oxygens (including phenoxy) is 1. The van der Waals surface area contributed by atoms with Crippen LogP contribution in [0, 0.1) is 6.92 Å². The molecule has 1 rings (SSSR count). The predicted octanol–water partition coefficient (Wildman–Crippen LogP) is 1.96. The van der Waals surface area contributed by atoms with E-state index < -0.39 is 0 Å². The van der Waals surface area contributed by atoms with Gasteiger partial charge in [0, 0.05) is 19.1 Å². The van der Waals surface area contributed by atoms with E-state index in [1.807, 2.05) is 45.0 Å². The molecule has 0 aliphatic heterocycles. The SMILES string of the molecule is Cc1cccc(OCCC(=O)N(C)C(C)(C)CN)c1. The van der Waals surface area contributed by atoms with Gasteiger partial charge in [-0.25, -0.2) is 0 Å². The highest BCUT2D eigenvalue weighted by molar-refractivity contribution is 5.76. The van der Waals surface area contributed by atoms with Crippen LogP contribution in [0.5, 0.6) is 5.75 Å². The third-order valence-electron chi connectivity index (χ3n) is 3.36. The molecule has 4 nitrogen and oxygen atoms in total. The van der Waals surface area contributed by atoms with Crippen LogP contribution in [0.15, 0.2) is 24.3 Å². The number of rotatable bonds is 6. The van der Waals surface area contributed by atoms with Crippen molar-refractivity contribution in [3.63, 3.8) is 0 Å². The fraction of sp³-hybridized carbons (Fsp3) is 0.533. The van der Waals surface area contributed by atoms with Gasteiger partial charge < -0.3 is 15.4 Å².